The molecule has 80 valence electrons. The maximum Gasteiger partial charge on any atom is 0.123 e. The Balaban J connectivity index is 1.80. The first-order valence-corrected chi connectivity index (χ1v) is 6.27. The fraction of sp³-hybridized carbons (Fsp3) is 0.500. The average Bonchev–Trinajstić information content (AvgIpc) is 2.15. The molecule has 1 aromatic carbocycles. The van der Waals surface area contributed by atoms with Crippen molar-refractivity contribution in [2.24, 2.45) is 0 Å². The van der Waals surface area contributed by atoms with Gasteiger partial charge in [-0.15, -0.1) is 0 Å². The van der Waals surface area contributed by atoms with Gasteiger partial charge in [0.1, 0.15) is 12.4 Å². The van der Waals surface area contributed by atoms with Gasteiger partial charge in [0.2, 0.25) is 0 Å². The number of likely N-dealkylation sites (tertiary alicyclic amines) is 1. The predicted molar refractivity (Wildman–Crippen MR) is 63.3 cm³/mol. The van der Waals surface area contributed by atoms with Crippen LogP contribution in [0.15, 0.2) is 22.7 Å². The van der Waals surface area contributed by atoms with E-state index in [1.54, 1.807) is 0 Å². The Morgan fingerprint density at radius 1 is 1.33 bits per heavy atom. The van der Waals surface area contributed by atoms with Gasteiger partial charge in [0.15, 0.2) is 0 Å². The highest BCUT2D eigenvalue weighted by Gasteiger charge is 2.28. The molecule has 3 rings (SSSR count). The lowest BCUT2D eigenvalue weighted by molar-refractivity contribution is 0.0692. The molecule has 0 saturated carbocycles. The molecule has 1 saturated heterocycles. The predicted octanol–water partition coefficient (Wildman–Crippen LogP) is 2.46. The van der Waals surface area contributed by atoms with E-state index in [9.17, 15) is 0 Å². The van der Waals surface area contributed by atoms with Crippen molar-refractivity contribution in [1.82, 2.24) is 4.90 Å². The van der Waals surface area contributed by atoms with Crippen LogP contribution in [0.4, 0.5) is 0 Å². The summed E-state index contributed by atoms with van der Waals surface area (Å²) in [4.78, 5) is 2.52. The number of fused-ring (bicyclic) bond motifs is 1. The standard InChI is InChI=1S/C12H14BrNO/c13-10-3-2-9-6-11(14-4-1-5-14)8-15-12(9)7-10/h2-3,7,11H,1,4-6,8H2. The molecule has 0 radical (unpaired) electrons. The topological polar surface area (TPSA) is 12.5 Å². The molecular weight excluding hydrogens is 254 g/mol. The van der Waals surface area contributed by atoms with E-state index in [-0.39, 0.29) is 0 Å². The molecule has 0 spiro atoms. The minimum atomic E-state index is 0.604. The Hall–Kier alpha value is -0.540. The van der Waals surface area contributed by atoms with Crippen molar-refractivity contribution in [1.29, 1.82) is 0 Å². The molecular formula is C12H14BrNO. The van der Waals surface area contributed by atoms with Gasteiger partial charge in [-0.3, -0.25) is 4.90 Å². The molecule has 2 aliphatic rings. The van der Waals surface area contributed by atoms with Crippen molar-refractivity contribution in [3.8, 4) is 5.75 Å². The maximum atomic E-state index is 5.80. The van der Waals surface area contributed by atoms with Crippen molar-refractivity contribution in [2.75, 3.05) is 19.7 Å². The van der Waals surface area contributed by atoms with Crippen LogP contribution in [0.2, 0.25) is 0 Å². The van der Waals surface area contributed by atoms with Gasteiger partial charge >= 0.3 is 0 Å². The lowest BCUT2D eigenvalue weighted by Crippen LogP contribution is -2.50. The van der Waals surface area contributed by atoms with E-state index in [4.69, 9.17) is 4.74 Å². The van der Waals surface area contributed by atoms with Gasteiger partial charge in [0.25, 0.3) is 0 Å². The average molecular weight is 268 g/mol. The molecule has 1 aromatic rings. The fourth-order valence-corrected chi connectivity index (χ4v) is 2.61. The smallest absolute Gasteiger partial charge is 0.123 e. The SMILES string of the molecule is Brc1ccc2c(c1)OCC(N1CCC1)C2. The first kappa shape index (κ1) is 9.67. The molecule has 0 bridgehead atoms. The van der Waals surface area contributed by atoms with E-state index >= 15 is 0 Å². The molecule has 0 N–H and O–H groups in total. The van der Waals surface area contributed by atoms with Crippen LogP contribution in [0.3, 0.4) is 0 Å². The van der Waals surface area contributed by atoms with Crippen molar-refractivity contribution >= 4 is 15.9 Å². The second kappa shape index (κ2) is 3.80. The lowest BCUT2D eigenvalue weighted by atomic mass is 9.99. The number of benzene rings is 1. The van der Waals surface area contributed by atoms with Gasteiger partial charge in [-0.1, -0.05) is 22.0 Å². The van der Waals surface area contributed by atoms with E-state index in [1.807, 2.05) is 0 Å². The van der Waals surface area contributed by atoms with Crippen LogP contribution in [0.25, 0.3) is 0 Å². The van der Waals surface area contributed by atoms with Gasteiger partial charge in [0, 0.05) is 10.5 Å². The summed E-state index contributed by atoms with van der Waals surface area (Å²) < 4.78 is 6.90. The normalized spacial score (nSPS) is 25.3. The van der Waals surface area contributed by atoms with Crippen LogP contribution in [-0.4, -0.2) is 30.6 Å². The second-order valence-electron chi connectivity index (χ2n) is 4.31. The highest BCUT2D eigenvalue weighted by atomic mass is 79.9. The van der Waals surface area contributed by atoms with Gasteiger partial charge in [0.05, 0.1) is 0 Å². The van der Waals surface area contributed by atoms with E-state index in [0.717, 1.165) is 23.2 Å². The van der Waals surface area contributed by atoms with Crippen molar-refractivity contribution in [3.05, 3.63) is 28.2 Å². The van der Waals surface area contributed by atoms with E-state index in [1.165, 1.54) is 25.1 Å². The second-order valence-corrected chi connectivity index (χ2v) is 5.23. The van der Waals surface area contributed by atoms with Crippen LogP contribution >= 0.6 is 15.9 Å². The van der Waals surface area contributed by atoms with Crippen molar-refractivity contribution in [2.45, 2.75) is 18.9 Å². The largest absolute Gasteiger partial charge is 0.492 e. The minimum Gasteiger partial charge on any atom is -0.492 e. The zero-order chi connectivity index (χ0) is 10.3. The van der Waals surface area contributed by atoms with Crippen molar-refractivity contribution < 1.29 is 4.74 Å². The summed E-state index contributed by atoms with van der Waals surface area (Å²) >= 11 is 3.47. The molecule has 1 fully saturated rings. The number of nitrogens with zero attached hydrogens (tertiary/aromatic N) is 1. The Morgan fingerprint density at radius 2 is 2.20 bits per heavy atom. The van der Waals surface area contributed by atoms with Crippen molar-refractivity contribution in [3.63, 3.8) is 0 Å². The first-order valence-electron chi connectivity index (χ1n) is 5.48. The number of hydrogen-bond acceptors (Lipinski definition) is 2. The summed E-state index contributed by atoms with van der Waals surface area (Å²) in [6, 6.07) is 6.95. The van der Waals surface area contributed by atoms with Gasteiger partial charge < -0.3 is 4.74 Å². The van der Waals surface area contributed by atoms with Gasteiger partial charge in [-0.2, -0.15) is 0 Å². The Labute approximate surface area is 98.4 Å². The zero-order valence-electron chi connectivity index (χ0n) is 8.58. The lowest BCUT2D eigenvalue weighted by Gasteiger charge is -2.40. The molecule has 1 atom stereocenters. The number of rotatable bonds is 1. The molecule has 0 aromatic heterocycles. The molecule has 15 heavy (non-hydrogen) atoms. The summed E-state index contributed by atoms with van der Waals surface area (Å²) in [5, 5.41) is 0. The van der Waals surface area contributed by atoms with Gasteiger partial charge in [-0.05, 0) is 43.6 Å². The summed E-state index contributed by atoms with van der Waals surface area (Å²) in [5.74, 6) is 1.06. The molecule has 2 heterocycles. The third-order valence-electron chi connectivity index (χ3n) is 3.32. The van der Waals surface area contributed by atoms with Crippen LogP contribution in [0.5, 0.6) is 5.75 Å². The Morgan fingerprint density at radius 3 is 2.93 bits per heavy atom. The van der Waals surface area contributed by atoms with E-state index in [0.29, 0.717) is 6.04 Å². The van der Waals surface area contributed by atoms with Crippen LogP contribution in [0.1, 0.15) is 12.0 Å². The highest BCUT2D eigenvalue weighted by molar-refractivity contribution is 9.10. The minimum absolute atomic E-state index is 0.604. The third-order valence-corrected chi connectivity index (χ3v) is 3.82. The number of ether oxygens (including phenoxy) is 1. The quantitative estimate of drug-likeness (QED) is 0.775. The third kappa shape index (κ3) is 1.79. The van der Waals surface area contributed by atoms with Gasteiger partial charge in [-0.25, -0.2) is 0 Å². The van der Waals surface area contributed by atoms with Crippen LogP contribution < -0.4 is 4.74 Å². The van der Waals surface area contributed by atoms with E-state index in [2.05, 4.69) is 39.0 Å². The summed E-state index contributed by atoms with van der Waals surface area (Å²) in [5.41, 5.74) is 1.35. The Kier molecular flexibility index (Phi) is 2.45. The molecule has 2 aliphatic heterocycles. The highest BCUT2D eigenvalue weighted by Crippen LogP contribution is 2.30. The fourth-order valence-electron chi connectivity index (χ4n) is 2.27. The van der Waals surface area contributed by atoms with Crippen LogP contribution in [-0.2, 0) is 6.42 Å². The molecule has 2 nitrogen and oxygen atoms in total. The zero-order valence-corrected chi connectivity index (χ0v) is 10.2. The molecule has 0 aliphatic carbocycles. The number of hydrogen-bond donors (Lipinski definition) is 0. The first-order chi connectivity index (χ1) is 7.33. The molecule has 1 unspecified atom stereocenters. The molecule has 0 amide bonds. The summed E-state index contributed by atoms with van der Waals surface area (Å²) in [7, 11) is 0. The van der Waals surface area contributed by atoms with Crippen LogP contribution in [0, 0.1) is 0 Å². The Bertz CT molecular complexity index is 376. The number of halogens is 1. The van der Waals surface area contributed by atoms with E-state index < -0.39 is 0 Å². The summed E-state index contributed by atoms with van der Waals surface area (Å²) in [6.07, 6.45) is 2.49. The maximum absolute atomic E-state index is 5.80. The monoisotopic (exact) mass is 267 g/mol. The molecule has 3 heteroatoms. The summed E-state index contributed by atoms with van der Waals surface area (Å²) in [6.45, 7) is 3.35.